The van der Waals surface area contributed by atoms with Crippen LogP contribution in [0.3, 0.4) is 0 Å². The van der Waals surface area contributed by atoms with Gasteiger partial charge in [-0.2, -0.15) is 18.3 Å². The minimum atomic E-state index is -5.12. The van der Waals surface area contributed by atoms with Crippen molar-refractivity contribution in [2.24, 2.45) is 0 Å². The first-order valence-corrected chi connectivity index (χ1v) is 10.4. The van der Waals surface area contributed by atoms with Crippen molar-refractivity contribution in [1.82, 2.24) is 15.1 Å². The first kappa shape index (κ1) is 23.8. The lowest BCUT2D eigenvalue weighted by molar-refractivity contribution is -0.164. The molecule has 0 saturated carbocycles. The third kappa shape index (κ3) is 5.26. The number of carbonyl (C=O) groups is 3. The molecule has 182 valence electrons. The van der Waals surface area contributed by atoms with Crippen LogP contribution in [-0.4, -0.2) is 51.7 Å². The van der Waals surface area contributed by atoms with E-state index in [9.17, 15) is 27.6 Å². The van der Waals surface area contributed by atoms with Crippen molar-refractivity contribution in [3.8, 4) is 11.1 Å². The molecule has 0 spiro atoms. The molecule has 12 heteroatoms. The number of halogens is 3. The zero-order valence-electron chi connectivity index (χ0n) is 18.0. The summed E-state index contributed by atoms with van der Waals surface area (Å²) in [5.74, 6) is -3.18. The first-order valence-electron chi connectivity index (χ1n) is 10.4. The third-order valence-electron chi connectivity index (χ3n) is 5.39. The predicted molar refractivity (Wildman–Crippen MR) is 117 cm³/mol. The summed E-state index contributed by atoms with van der Waals surface area (Å²) in [4.78, 5) is 35.2. The number of hydrogen-bond donors (Lipinski definition) is 3. The molecule has 0 aliphatic heterocycles. The van der Waals surface area contributed by atoms with E-state index in [0.717, 1.165) is 39.3 Å². The number of nitrogens with zero attached hydrogens (tertiary/aromatic N) is 2. The standard InChI is InChI=1S/C23H19F3N4O5/c24-23(25,26)20(21(33)28-13-9-27-30(10-13)11-19(31)32)29-22(34)35-12-18-16-7-3-1-5-14(16)15-6-2-4-8-17(15)18/h1-10,18,20H,11-12H2,(H,28,33)(H,29,34)(H,31,32). The van der Waals surface area contributed by atoms with Crippen LogP contribution in [0.2, 0.25) is 0 Å². The highest BCUT2D eigenvalue weighted by Crippen LogP contribution is 2.44. The van der Waals surface area contributed by atoms with Gasteiger partial charge in [0.1, 0.15) is 13.2 Å². The number of ether oxygens (including phenoxy) is 1. The highest BCUT2D eigenvalue weighted by atomic mass is 19.4. The lowest BCUT2D eigenvalue weighted by atomic mass is 9.98. The Kier molecular flexibility index (Phi) is 6.45. The topological polar surface area (TPSA) is 123 Å². The number of carboxylic acids is 1. The smallest absolute Gasteiger partial charge is 0.417 e. The van der Waals surface area contributed by atoms with Crippen molar-refractivity contribution >= 4 is 23.7 Å². The number of alkyl carbamates (subject to hydrolysis) is 1. The summed E-state index contributed by atoms with van der Waals surface area (Å²) in [5.41, 5.74) is 3.50. The number of rotatable bonds is 7. The lowest BCUT2D eigenvalue weighted by Crippen LogP contribution is -2.53. The van der Waals surface area contributed by atoms with Gasteiger partial charge in [-0.3, -0.25) is 14.3 Å². The summed E-state index contributed by atoms with van der Waals surface area (Å²) in [6.45, 7) is -0.773. The molecule has 2 aromatic carbocycles. The van der Waals surface area contributed by atoms with Crippen molar-refractivity contribution in [1.29, 1.82) is 0 Å². The van der Waals surface area contributed by atoms with Crippen LogP contribution in [0.1, 0.15) is 17.0 Å². The molecule has 0 fully saturated rings. The number of fused-ring (bicyclic) bond motifs is 3. The zero-order chi connectivity index (χ0) is 25.2. The van der Waals surface area contributed by atoms with Crippen LogP contribution in [0, 0.1) is 0 Å². The van der Waals surface area contributed by atoms with E-state index >= 15 is 0 Å². The second-order valence-corrected chi connectivity index (χ2v) is 7.75. The molecule has 4 rings (SSSR count). The molecular weight excluding hydrogens is 469 g/mol. The van der Waals surface area contributed by atoms with E-state index in [1.54, 1.807) is 5.32 Å². The highest BCUT2D eigenvalue weighted by molar-refractivity contribution is 5.97. The average Bonchev–Trinajstić information content (AvgIpc) is 3.36. The molecule has 1 aliphatic rings. The van der Waals surface area contributed by atoms with Gasteiger partial charge in [0.25, 0.3) is 5.91 Å². The number of benzene rings is 2. The summed E-state index contributed by atoms with van der Waals surface area (Å²) in [7, 11) is 0. The number of nitrogens with one attached hydrogen (secondary N) is 2. The van der Waals surface area contributed by atoms with Crippen LogP contribution in [0.15, 0.2) is 60.9 Å². The maximum Gasteiger partial charge on any atom is 0.417 e. The Hall–Kier alpha value is -4.35. The second-order valence-electron chi connectivity index (χ2n) is 7.75. The van der Waals surface area contributed by atoms with Gasteiger partial charge in [0, 0.05) is 12.1 Å². The van der Waals surface area contributed by atoms with Gasteiger partial charge in [0.15, 0.2) is 0 Å². The van der Waals surface area contributed by atoms with E-state index in [2.05, 4.69) is 5.10 Å². The van der Waals surface area contributed by atoms with Crippen LogP contribution in [0.5, 0.6) is 0 Å². The number of aromatic nitrogens is 2. The maximum absolute atomic E-state index is 13.5. The fourth-order valence-corrected chi connectivity index (χ4v) is 3.92. The molecular formula is C23H19F3N4O5. The van der Waals surface area contributed by atoms with Gasteiger partial charge in [-0.1, -0.05) is 48.5 Å². The molecule has 1 atom stereocenters. The van der Waals surface area contributed by atoms with Crippen molar-refractivity contribution in [2.45, 2.75) is 24.7 Å². The lowest BCUT2D eigenvalue weighted by Gasteiger charge is -2.21. The van der Waals surface area contributed by atoms with E-state index in [1.807, 2.05) is 53.8 Å². The monoisotopic (exact) mass is 488 g/mol. The number of amides is 2. The number of alkyl halides is 3. The number of carboxylic acid groups (broad SMARTS) is 1. The van der Waals surface area contributed by atoms with Crippen LogP contribution >= 0.6 is 0 Å². The molecule has 35 heavy (non-hydrogen) atoms. The normalized spacial score (nSPS) is 13.5. The van der Waals surface area contributed by atoms with Crippen molar-refractivity contribution < 1.29 is 37.4 Å². The number of carbonyl (C=O) groups excluding carboxylic acids is 2. The quantitative estimate of drug-likeness (QED) is 0.469. The summed E-state index contributed by atoms with van der Waals surface area (Å²) >= 11 is 0. The largest absolute Gasteiger partial charge is 0.480 e. The summed E-state index contributed by atoms with van der Waals surface area (Å²) in [5, 5.41) is 15.9. The Balaban J connectivity index is 1.42. The molecule has 1 aromatic heterocycles. The molecule has 0 radical (unpaired) electrons. The van der Waals surface area contributed by atoms with Gasteiger partial charge in [0.05, 0.1) is 11.9 Å². The van der Waals surface area contributed by atoms with E-state index in [1.165, 1.54) is 0 Å². The van der Waals surface area contributed by atoms with Crippen LogP contribution < -0.4 is 10.6 Å². The Morgan fingerprint density at radius 3 is 2.23 bits per heavy atom. The van der Waals surface area contributed by atoms with E-state index in [-0.39, 0.29) is 18.2 Å². The van der Waals surface area contributed by atoms with Crippen molar-refractivity contribution in [3.05, 3.63) is 72.1 Å². The molecule has 0 saturated heterocycles. The van der Waals surface area contributed by atoms with E-state index in [0.29, 0.717) is 0 Å². The fraction of sp³-hybridized carbons (Fsp3) is 0.217. The minimum Gasteiger partial charge on any atom is -0.480 e. The summed E-state index contributed by atoms with van der Waals surface area (Å²) in [6.07, 6.45) is -4.49. The van der Waals surface area contributed by atoms with Crippen LogP contribution in [0.4, 0.5) is 23.7 Å². The first-order chi connectivity index (χ1) is 16.6. The number of hydrogen-bond acceptors (Lipinski definition) is 5. The second kappa shape index (κ2) is 9.49. The predicted octanol–water partition coefficient (Wildman–Crippen LogP) is 3.38. The minimum absolute atomic E-state index is 0.167. The maximum atomic E-state index is 13.5. The molecule has 2 amide bonds. The zero-order valence-corrected chi connectivity index (χ0v) is 18.0. The molecule has 0 bridgehead atoms. The Morgan fingerprint density at radius 1 is 1.06 bits per heavy atom. The van der Waals surface area contributed by atoms with Gasteiger partial charge < -0.3 is 20.5 Å². The molecule has 3 aromatic rings. The number of aliphatic carboxylic acids is 1. The van der Waals surface area contributed by atoms with E-state index < -0.39 is 36.7 Å². The fourth-order valence-electron chi connectivity index (χ4n) is 3.92. The van der Waals surface area contributed by atoms with Crippen LogP contribution in [0.25, 0.3) is 11.1 Å². The van der Waals surface area contributed by atoms with Gasteiger partial charge in [-0.15, -0.1) is 0 Å². The molecule has 9 nitrogen and oxygen atoms in total. The summed E-state index contributed by atoms with van der Waals surface area (Å²) in [6, 6.07) is 12.0. The van der Waals surface area contributed by atoms with Gasteiger partial charge >= 0.3 is 18.2 Å². The average molecular weight is 488 g/mol. The Labute approximate surface area is 196 Å². The molecule has 1 heterocycles. The van der Waals surface area contributed by atoms with Crippen LogP contribution in [-0.2, 0) is 20.9 Å². The molecule has 3 N–H and O–H groups in total. The SMILES string of the molecule is O=C(O)Cn1cc(NC(=O)C(NC(=O)OCC2c3ccccc3-c3ccccc32)C(F)(F)F)cn1. The Morgan fingerprint density at radius 2 is 1.66 bits per heavy atom. The molecule has 1 unspecified atom stereocenters. The third-order valence-corrected chi connectivity index (χ3v) is 5.39. The number of anilines is 1. The highest BCUT2D eigenvalue weighted by Gasteiger charge is 2.46. The van der Waals surface area contributed by atoms with Crippen molar-refractivity contribution in [3.63, 3.8) is 0 Å². The van der Waals surface area contributed by atoms with Gasteiger partial charge in [-0.05, 0) is 22.3 Å². The van der Waals surface area contributed by atoms with E-state index in [4.69, 9.17) is 9.84 Å². The Bertz CT molecular complexity index is 1230. The summed E-state index contributed by atoms with van der Waals surface area (Å²) < 4.78 is 46.6. The molecule has 1 aliphatic carbocycles. The van der Waals surface area contributed by atoms with Gasteiger partial charge in [0.2, 0.25) is 6.04 Å². The van der Waals surface area contributed by atoms with Gasteiger partial charge in [-0.25, -0.2) is 4.79 Å². The van der Waals surface area contributed by atoms with Crippen molar-refractivity contribution in [2.75, 3.05) is 11.9 Å².